The fourth-order valence-electron chi connectivity index (χ4n) is 4.08. The van der Waals surface area contributed by atoms with Crippen molar-refractivity contribution >= 4 is 5.97 Å². The zero-order chi connectivity index (χ0) is 21.9. The van der Waals surface area contributed by atoms with Gasteiger partial charge in [0.1, 0.15) is 11.4 Å². The smallest absolute Gasteiger partial charge is 0.335 e. The number of carboxylic acids is 1. The van der Waals surface area contributed by atoms with Crippen LogP contribution in [-0.2, 0) is 0 Å². The molecule has 0 saturated carbocycles. The summed E-state index contributed by atoms with van der Waals surface area (Å²) in [6.07, 6.45) is 8.78. The fraction of sp³-hybridized carbons (Fsp3) is 0.208. The summed E-state index contributed by atoms with van der Waals surface area (Å²) < 4.78 is 1.56. The lowest BCUT2D eigenvalue weighted by Gasteiger charge is -2.23. The van der Waals surface area contributed by atoms with Gasteiger partial charge < -0.3 is 10.4 Å². The van der Waals surface area contributed by atoms with Crippen LogP contribution in [0.15, 0.2) is 67.3 Å². The van der Waals surface area contributed by atoms with Gasteiger partial charge in [-0.05, 0) is 66.7 Å². The van der Waals surface area contributed by atoms with Gasteiger partial charge in [-0.15, -0.1) is 5.10 Å². The third kappa shape index (κ3) is 4.13. The summed E-state index contributed by atoms with van der Waals surface area (Å²) >= 11 is 0. The summed E-state index contributed by atoms with van der Waals surface area (Å²) in [4.78, 5) is 20.1. The highest BCUT2D eigenvalue weighted by atomic mass is 16.4. The lowest BCUT2D eigenvalue weighted by Crippen LogP contribution is -2.26. The van der Waals surface area contributed by atoms with Crippen LogP contribution in [-0.4, -0.2) is 49.1 Å². The monoisotopic (exact) mass is 426 g/mol. The Morgan fingerprint density at radius 3 is 2.53 bits per heavy atom. The Morgan fingerprint density at radius 2 is 1.81 bits per heavy atom. The van der Waals surface area contributed by atoms with E-state index in [1.165, 1.54) is 5.56 Å². The maximum Gasteiger partial charge on any atom is 0.335 e. The van der Waals surface area contributed by atoms with Gasteiger partial charge in [-0.25, -0.2) is 9.48 Å². The van der Waals surface area contributed by atoms with Crippen LogP contribution in [0.2, 0.25) is 0 Å². The van der Waals surface area contributed by atoms with Crippen LogP contribution < -0.4 is 5.32 Å². The number of aromatic carboxylic acids is 1. The number of carboxylic acid groups (broad SMARTS) is 1. The van der Waals surface area contributed by atoms with Crippen LogP contribution >= 0.6 is 0 Å². The number of aromatic nitrogens is 5. The first-order chi connectivity index (χ1) is 15.7. The molecular formula is C24H22N6O2. The molecular weight excluding hydrogens is 404 g/mol. The highest BCUT2D eigenvalue weighted by Gasteiger charge is 2.16. The van der Waals surface area contributed by atoms with Gasteiger partial charge in [0, 0.05) is 12.4 Å². The SMILES string of the molecule is O=C(O)c1cc(-c2ccc(C3CCNCC3)cc2)cc(-n2cc(-c3cnccn3)nn2)c1. The zero-order valence-corrected chi connectivity index (χ0v) is 17.3. The molecule has 8 nitrogen and oxygen atoms in total. The molecule has 0 atom stereocenters. The van der Waals surface area contributed by atoms with Gasteiger partial charge in [0.2, 0.25) is 0 Å². The summed E-state index contributed by atoms with van der Waals surface area (Å²) in [5, 5.41) is 21.4. The molecule has 8 heteroatoms. The van der Waals surface area contributed by atoms with Crippen LogP contribution in [0.3, 0.4) is 0 Å². The Morgan fingerprint density at radius 1 is 1.00 bits per heavy atom. The summed E-state index contributed by atoms with van der Waals surface area (Å²) in [5.41, 5.74) is 5.07. The van der Waals surface area contributed by atoms with Crippen molar-refractivity contribution in [1.29, 1.82) is 0 Å². The van der Waals surface area contributed by atoms with Crippen molar-refractivity contribution in [2.24, 2.45) is 0 Å². The van der Waals surface area contributed by atoms with E-state index in [1.807, 2.05) is 6.07 Å². The number of hydrogen-bond donors (Lipinski definition) is 2. The van der Waals surface area contributed by atoms with Crippen LogP contribution in [0.4, 0.5) is 0 Å². The molecule has 0 radical (unpaired) electrons. The number of piperidine rings is 1. The van der Waals surface area contributed by atoms with E-state index in [2.05, 4.69) is 49.9 Å². The minimum atomic E-state index is -0.992. The zero-order valence-electron chi connectivity index (χ0n) is 17.3. The van der Waals surface area contributed by atoms with E-state index in [-0.39, 0.29) is 5.56 Å². The molecule has 3 heterocycles. The molecule has 4 aromatic rings. The lowest BCUT2D eigenvalue weighted by atomic mass is 9.89. The first-order valence-electron chi connectivity index (χ1n) is 10.6. The molecule has 160 valence electrons. The molecule has 0 spiro atoms. The van der Waals surface area contributed by atoms with Gasteiger partial charge >= 0.3 is 5.97 Å². The highest BCUT2D eigenvalue weighted by Crippen LogP contribution is 2.29. The number of hydrogen-bond acceptors (Lipinski definition) is 6. The third-order valence-corrected chi connectivity index (χ3v) is 5.80. The molecule has 32 heavy (non-hydrogen) atoms. The van der Waals surface area contributed by atoms with Crippen molar-refractivity contribution in [3.8, 4) is 28.2 Å². The standard InChI is InChI=1S/C24H22N6O2/c31-24(32)20-11-19(17-3-1-16(2-4-17)18-5-7-25-8-6-18)12-21(13-20)30-15-23(28-29-30)22-14-26-9-10-27-22/h1-4,9-15,18,25H,5-8H2,(H,31,32). The number of nitrogens with zero attached hydrogens (tertiary/aromatic N) is 5. The minimum Gasteiger partial charge on any atom is -0.478 e. The molecule has 1 fully saturated rings. The Balaban J connectivity index is 1.49. The second kappa shape index (κ2) is 8.68. The fourth-order valence-corrected chi connectivity index (χ4v) is 4.08. The summed E-state index contributed by atoms with van der Waals surface area (Å²) in [5.74, 6) is -0.422. The van der Waals surface area contributed by atoms with E-state index in [9.17, 15) is 9.90 Å². The number of rotatable bonds is 5. The number of nitrogens with one attached hydrogen (secondary N) is 1. The molecule has 0 amide bonds. The molecule has 2 N–H and O–H groups in total. The van der Waals surface area contributed by atoms with E-state index in [0.717, 1.165) is 37.1 Å². The van der Waals surface area contributed by atoms with Gasteiger partial charge in [-0.3, -0.25) is 9.97 Å². The molecule has 2 aromatic heterocycles. The molecule has 1 aliphatic rings. The molecule has 0 unspecified atom stereocenters. The van der Waals surface area contributed by atoms with Gasteiger partial charge in [0.05, 0.1) is 23.6 Å². The highest BCUT2D eigenvalue weighted by molar-refractivity contribution is 5.90. The van der Waals surface area contributed by atoms with Crippen LogP contribution in [0.5, 0.6) is 0 Å². The second-order valence-corrected chi connectivity index (χ2v) is 7.86. The molecule has 2 aromatic carbocycles. The van der Waals surface area contributed by atoms with E-state index in [0.29, 0.717) is 23.0 Å². The van der Waals surface area contributed by atoms with E-state index in [4.69, 9.17) is 0 Å². The van der Waals surface area contributed by atoms with Crippen molar-refractivity contribution in [2.75, 3.05) is 13.1 Å². The maximum atomic E-state index is 11.8. The lowest BCUT2D eigenvalue weighted by molar-refractivity contribution is 0.0697. The van der Waals surface area contributed by atoms with Gasteiger partial charge in [0.25, 0.3) is 0 Å². The predicted molar refractivity (Wildman–Crippen MR) is 120 cm³/mol. The number of benzene rings is 2. The Kier molecular flexibility index (Phi) is 5.43. The predicted octanol–water partition coefficient (Wildman–Crippen LogP) is 3.56. The second-order valence-electron chi connectivity index (χ2n) is 7.86. The average Bonchev–Trinajstić information content (AvgIpc) is 3.35. The normalized spacial score (nSPS) is 14.4. The van der Waals surface area contributed by atoms with Gasteiger partial charge in [0.15, 0.2) is 0 Å². The maximum absolute atomic E-state index is 11.8. The van der Waals surface area contributed by atoms with Crippen LogP contribution in [0.1, 0.15) is 34.7 Å². The Labute approximate surface area is 185 Å². The van der Waals surface area contributed by atoms with Crippen molar-refractivity contribution < 1.29 is 9.90 Å². The van der Waals surface area contributed by atoms with Crippen molar-refractivity contribution in [3.63, 3.8) is 0 Å². The van der Waals surface area contributed by atoms with E-state index < -0.39 is 5.97 Å². The molecule has 0 bridgehead atoms. The van der Waals surface area contributed by atoms with Gasteiger partial charge in [-0.2, -0.15) is 0 Å². The summed E-state index contributed by atoms with van der Waals surface area (Å²) in [7, 11) is 0. The largest absolute Gasteiger partial charge is 0.478 e. The summed E-state index contributed by atoms with van der Waals surface area (Å²) in [6.45, 7) is 2.09. The van der Waals surface area contributed by atoms with E-state index in [1.54, 1.807) is 41.6 Å². The molecule has 5 rings (SSSR count). The Bertz CT molecular complexity index is 1230. The summed E-state index contributed by atoms with van der Waals surface area (Å²) in [6, 6.07) is 13.6. The molecule has 0 aliphatic carbocycles. The van der Waals surface area contributed by atoms with Crippen LogP contribution in [0, 0.1) is 0 Å². The van der Waals surface area contributed by atoms with Crippen molar-refractivity contribution in [2.45, 2.75) is 18.8 Å². The van der Waals surface area contributed by atoms with Crippen molar-refractivity contribution in [3.05, 3.63) is 78.4 Å². The van der Waals surface area contributed by atoms with Crippen LogP contribution in [0.25, 0.3) is 28.2 Å². The molecule has 1 saturated heterocycles. The third-order valence-electron chi connectivity index (χ3n) is 5.80. The first-order valence-corrected chi connectivity index (χ1v) is 10.6. The minimum absolute atomic E-state index is 0.191. The number of carbonyl (C=O) groups is 1. The quantitative estimate of drug-likeness (QED) is 0.503. The van der Waals surface area contributed by atoms with E-state index >= 15 is 0 Å². The van der Waals surface area contributed by atoms with Crippen molar-refractivity contribution in [1.82, 2.24) is 30.3 Å². The molecule has 1 aliphatic heterocycles. The topological polar surface area (TPSA) is 106 Å². The Hall–Kier alpha value is -3.91. The average molecular weight is 426 g/mol. The first kappa shape index (κ1) is 20.0. The van der Waals surface area contributed by atoms with Gasteiger partial charge in [-0.1, -0.05) is 29.5 Å².